The highest BCUT2D eigenvalue weighted by molar-refractivity contribution is 6.35. The van der Waals surface area contributed by atoms with E-state index in [1.807, 2.05) is 44.2 Å². The Morgan fingerprint density at radius 2 is 1.70 bits per heavy atom. The first kappa shape index (κ1) is 20.4. The first-order valence-corrected chi connectivity index (χ1v) is 10.7. The normalized spacial score (nSPS) is 16.5. The number of fused-ring (bicyclic) bond motifs is 1. The molecule has 2 heterocycles. The van der Waals surface area contributed by atoms with Crippen molar-refractivity contribution in [3.8, 4) is 0 Å². The van der Waals surface area contributed by atoms with Crippen LogP contribution in [0, 0.1) is 6.92 Å². The Morgan fingerprint density at radius 3 is 2.43 bits per heavy atom. The number of aryl methyl sites for hydroxylation is 1. The minimum absolute atomic E-state index is 0.188. The fourth-order valence-corrected chi connectivity index (χ4v) is 4.20. The van der Waals surface area contributed by atoms with Gasteiger partial charge >= 0.3 is 0 Å². The maximum Gasteiger partial charge on any atom is 0.277 e. The number of nitrogens with zero attached hydrogens (tertiary/aromatic N) is 2. The summed E-state index contributed by atoms with van der Waals surface area (Å²) >= 11 is 0. The number of amides is 2. The van der Waals surface area contributed by atoms with Crippen molar-refractivity contribution < 1.29 is 14.3 Å². The number of hydrogen-bond acceptors (Lipinski definition) is 4. The van der Waals surface area contributed by atoms with Crippen molar-refractivity contribution in [3.05, 3.63) is 76.5 Å². The molecule has 2 aromatic carbocycles. The molecule has 2 amide bonds. The quantitative estimate of drug-likeness (QED) is 0.523. The Labute approximate surface area is 177 Å². The smallest absolute Gasteiger partial charge is 0.277 e. The fourth-order valence-electron chi connectivity index (χ4n) is 4.20. The van der Waals surface area contributed by atoms with E-state index in [0.29, 0.717) is 44.0 Å². The van der Waals surface area contributed by atoms with E-state index in [2.05, 4.69) is 23.1 Å². The minimum atomic E-state index is -0.200. The molecule has 0 aliphatic carbocycles. The average molecular weight is 405 g/mol. The van der Waals surface area contributed by atoms with E-state index in [9.17, 15) is 9.59 Å². The van der Waals surface area contributed by atoms with E-state index >= 15 is 0 Å². The molecule has 0 N–H and O–H groups in total. The van der Waals surface area contributed by atoms with E-state index in [1.54, 1.807) is 0 Å². The molecule has 0 radical (unpaired) electrons. The molecule has 0 saturated carbocycles. The van der Waals surface area contributed by atoms with Crippen molar-refractivity contribution in [2.45, 2.75) is 33.2 Å². The summed E-state index contributed by atoms with van der Waals surface area (Å²) in [6, 6.07) is 16.2. The molecule has 2 aromatic rings. The second kappa shape index (κ2) is 8.84. The highest BCUT2D eigenvalue weighted by Crippen LogP contribution is 2.34. The SMILES string of the molecule is CCOCCCN1C(=O)C(c2ccc(C)cc2)=C(N2CCc3ccccc3C2)C1=O. The Morgan fingerprint density at radius 1 is 0.967 bits per heavy atom. The van der Waals surface area contributed by atoms with Gasteiger partial charge in [-0.1, -0.05) is 54.1 Å². The lowest BCUT2D eigenvalue weighted by Gasteiger charge is -2.31. The number of carbonyl (C=O) groups excluding carboxylic acids is 2. The van der Waals surface area contributed by atoms with E-state index in [1.165, 1.54) is 16.0 Å². The molecule has 0 fully saturated rings. The van der Waals surface area contributed by atoms with E-state index in [-0.39, 0.29) is 11.8 Å². The molecule has 4 rings (SSSR count). The van der Waals surface area contributed by atoms with E-state index in [4.69, 9.17) is 4.74 Å². The van der Waals surface area contributed by atoms with Gasteiger partial charge in [0.25, 0.3) is 11.8 Å². The van der Waals surface area contributed by atoms with Gasteiger partial charge in [-0.3, -0.25) is 14.5 Å². The van der Waals surface area contributed by atoms with Crippen LogP contribution in [0.15, 0.2) is 54.2 Å². The Kier molecular flexibility index (Phi) is 6.00. The molecular weight excluding hydrogens is 376 g/mol. The second-order valence-electron chi connectivity index (χ2n) is 7.84. The van der Waals surface area contributed by atoms with Crippen LogP contribution >= 0.6 is 0 Å². The Bertz CT molecular complexity index is 978. The Balaban J connectivity index is 1.68. The van der Waals surface area contributed by atoms with Crippen LogP contribution in [0.25, 0.3) is 5.57 Å². The molecule has 2 aliphatic heterocycles. The average Bonchev–Trinajstić information content (AvgIpc) is 3.01. The zero-order chi connectivity index (χ0) is 21.1. The predicted molar refractivity (Wildman–Crippen MR) is 116 cm³/mol. The van der Waals surface area contributed by atoms with Gasteiger partial charge in [-0.25, -0.2) is 0 Å². The van der Waals surface area contributed by atoms with E-state index < -0.39 is 0 Å². The second-order valence-corrected chi connectivity index (χ2v) is 7.84. The molecule has 156 valence electrons. The summed E-state index contributed by atoms with van der Waals surface area (Å²) in [7, 11) is 0. The van der Waals surface area contributed by atoms with Crippen LogP contribution in [0.4, 0.5) is 0 Å². The minimum Gasteiger partial charge on any atom is -0.382 e. The van der Waals surface area contributed by atoms with Crippen LogP contribution < -0.4 is 0 Å². The summed E-state index contributed by atoms with van der Waals surface area (Å²) in [5.74, 6) is -0.388. The van der Waals surface area contributed by atoms with Crippen molar-refractivity contribution in [1.82, 2.24) is 9.80 Å². The molecule has 30 heavy (non-hydrogen) atoms. The third-order valence-corrected chi connectivity index (χ3v) is 5.81. The molecule has 5 nitrogen and oxygen atoms in total. The standard InChI is InChI=1S/C25H28N2O3/c1-3-30-16-6-14-27-24(28)22(20-11-9-18(2)10-12-20)23(25(27)29)26-15-13-19-7-4-5-8-21(19)17-26/h4-5,7-12H,3,6,13-17H2,1-2H3. The largest absolute Gasteiger partial charge is 0.382 e. The summed E-state index contributed by atoms with van der Waals surface area (Å²) in [6.07, 6.45) is 1.51. The van der Waals surface area contributed by atoms with Crippen LogP contribution in [0.3, 0.4) is 0 Å². The molecule has 2 aliphatic rings. The lowest BCUT2D eigenvalue weighted by Crippen LogP contribution is -2.38. The number of hydrogen-bond donors (Lipinski definition) is 0. The number of benzene rings is 2. The molecule has 0 unspecified atom stereocenters. The van der Waals surface area contributed by atoms with Gasteiger partial charge in [0.05, 0.1) is 5.57 Å². The molecule has 0 atom stereocenters. The van der Waals surface area contributed by atoms with Crippen LogP contribution in [0.1, 0.15) is 35.6 Å². The Hall–Kier alpha value is -2.92. The third-order valence-electron chi connectivity index (χ3n) is 5.81. The summed E-state index contributed by atoms with van der Waals surface area (Å²) in [6.45, 7) is 6.88. The van der Waals surface area contributed by atoms with Crippen LogP contribution in [-0.2, 0) is 27.3 Å². The van der Waals surface area contributed by atoms with Crippen molar-refractivity contribution in [3.63, 3.8) is 0 Å². The number of ether oxygens (including phenoxy) is 1. The molecule has 0 aromatic heterocycles. The van der Waals surface area contributed by atoms with Gasteiger partial charge in [-0.2, -0.15) is 0 Å². The zero-order valence-electron chi connectivity index (χ0n) is 17.7. The van der Waals surface area contributed by atoms with Gasteiger partial charge in [0.1, 0.15) is 5.70 Å². The van der Waals surface area contributed by atoms with Crippen LogP contribution in [0.2, 0.25) is 0 Å². The summed E-state index contributed by atoms with van der Waals surface area (Å²) < 4.78 is 5.40. The number of rotatable bonds is 7. The summed E-state index contributed by atoms with van der Waals surface area (Å²) in [4.78, 5) is 30.2. The van der Waals surface area contributed by atoms with Gasteiger partial charge < -0.3 is 9.64 Å². The van der Waals surface area contributed by atoms with Crippen molar-refractivity contribution >= 4 is 17.4 Å². The zero-order valence-corrected chi connectivity index (χ0v) is 17.7. The van der Waals surface area contributed by atoms with Gasteiger partial charge in [-0.15, -0.1) is 0 Å². The monoisotopic (exact) mass is 404 g/mol. The molecule has 0 spiro atoms. The maximum absolute atomic E-state index is 13.4. The van der Waals surface area contributed by atoms with Crippen LogP contribution in [0.5, 0.6) is 0 Å². The van der Waals surface area contributed by atoms with Crippen molar-refractivity contribution in [2.75, 3.05) is 26.3 Å². The van der Waals surface area contributed by atoms with Gasteiger partial charge in [0, 0.05) is 32.8 Å². The lowest BCUT2D eigenvalue weighted by atomic mass is 9.97. The fraction of sp³-hybridized carbons (Fsp3) is 0.360. The predicted octanol–water partition coefficient (Wildman–Crippen LogP) is 3.56. The van der Waals surface area contributed by atoms with Gasteiger partial charge in [0.15, 0.2) is 0 Å². The third kappa shape index (κ3) is 3.90. The summed E-state index contributed by atoms with van der Waals surface area (Å²) in [5.41, 5.74) is 5.52. The topological polar surface area (TPSA) is 49.9 Å². The van der Waals surface area contributed by atoms with Gasteiger partial charge in [-0.05, 0) is 43.4 Å². The highest BCUT2D eigenvalue weighted by Gasteiger charge is 2.41. The molecular formula is C25H28N2O3. The van der Waals surface area contributed by atoms with Gasteiger partial charge in [0.2, 0.25) is 0 Å². The number of imide groups is 1. The first-order valence-electron chi connectivity index (χ1n) is 10.7. The molecule has 0 bridgehead atoms. The highest BCUT2D eigenvalue weighted by atomic mass is 16.5. The van der Waals surface area contributed by atoms with Crippen molar-refractivity contribution in [1.29, 1.82) is 0 Å². The molecule has 0 saturated heterocycles. The van der Waals surface area contributed by atoms with Crippen LogP contribution in [-0.4, -0.2) is 47.9 Å². The first-order chi connectivity index (χ1) is 14.6. The lowest BCUT2D eigenvalue weighted by molar-refractivity contribution is -0.137. The summed E-state index contributed by atoms with van der Waals surface area (Å²) in [5, 5.41) is 0. The maximum atomic E-state index is 13.4. The molecule has 5 heteroatoms. The van der Waals surface area contributed by atoms with Crippen molar-refractivity contribution in [2.24, 2.45) is 0 Å². The van der Waals surface area contributed by atoms with E-state index in [0.717, 1.165) is 24.1 Å². The number of carbonyl (C=O) groups is 2.